The molecule has 2 aliphatic rings. The van der Waals surface area contributed by atoms with Crippen molar-refractivity contribution in [3.63, 3.8) is 0 Å². The zero-order valence-corrected chi connectivity index (χ0v) is 15.1. The SMILES string of the molecule is Cl.O=C(NC1CC2CCC(C1)N2)c1ccc2cc(Br)ccc2c1. The monoisotopic (exact) mass is 394 g/mol. The third-order valence-electron chi connectivity index (χ3n) is 4.87. The van der Waals surface area contributed by atoms with Crippen LogP contribution in [0.15, 0.2) is 40.9 Å². The molecule has 5 heteroatoms. The average molecular weight is 396 g/mol. The molecule has 122 valence electrons. The Hall–Kier alpha value is -1.10. The molecule has 1 amide bonds. The number of hydrogen-bond acceptors (Lipinski definition) is 2. The van der Waals surface area contributed by atoms with Gasteiger partial charge < -0.3 is 10.6 Å². The van der Waals surface area contributed by atoms with Crippen LogP contribution in [0.4, 0.5) is 0 Å². The number of carbonyl (C=O) groups excluding carboxylic acids is 1. The average Bonchev–Trinajstić information content (AvgIpc) is 2.85. The van der Waals surface area contributed by atoms with Crippen LogP contribution < -0.4 is 10.6 Å². The van der Waals surface area contributed by atoms with E-state index in [1.54, 1.807) is 0 Å². The fourth-order valence-electron chi connectivity index (χ4n) is 3.80. The maximum absolute atomic E-state index is 12.5. The van der Waals surface area contributed by atoms with E-state index < -0.39 is 0 Å². The summed E-state index contributed by atoms with van der Waals surface area (Å²) in [5.74, 6) is 0.0520. The van der Waals surface area contributed by atoms with Crippen LogP contribution in [0.3, 0.4) is 0 Å². The maximum Gasteiger partial charge on any atom is 0.251 e. The van der Waals surface area contributed by atoms with E-state index in [9.17, 15) is 4.79 Å². The molecule has 2 atom stereocenters. The molecule has 0 saturated carbocycles. The van der Waals surface area contributed by atoms with Gasteiger partial charge in [-0.05, 0) is 60.7 Å². The van der Waals surface area contributed by atoms with Gasteiger partial charge in [0.05, 0.1) is 0 Å². The van der Waals surface area contributed by atoms with Crippen LogP contribution in [0.25, 0.3) is 10.8 Å². The van der Waals surface area contributed by atoms with Crippen LogP contribution in [0.1, 0.15) is 36.0 Å². The molecule has 2 aromatic rings. The number of fused-ring (bicyclic) bond motifs is 3. The Bertz CT molecular complexity index is 724. The van der Waals surface area contributed by atoms with Gasteiger partial charge in [-0.15, -0.1) is 12.4 Å². The second-order valence-electron chi connectivity index (χ2n) is 6.49. The Labute approximate surface area is 150 Å². The van der Waals surface area contributed by atoms with Crippen molar-refractivity contribution in [3.8, 4) is 0 Å². The highest BCUT2D eigenvalue weighted by Crippen LogP contribution is 2.27. The molecule has 2 aliphatic heterocycles. The number of hydrogen-bond donors (Lipinski definition) is 2. The molecule has 23 heavy (non-hydrogen) atoms. The third kappa shape index (κ3) is 3.54. The van der Waals surface area contributed by atoms with Gasteiger partial charge in [0.25, 0.3) is 5.91 Å². The van der Waals surface area contributed by atoms with E-state index in [-0.39, 0.29) is 18.3 Å². The molecule has 2 unspecified atom stereocenters. The van der Waals surface area contributed by atoms with E-state index in [0.29, 0.717) is 18.1 Å². The number of carbonyl (C=O) groups is 1. The Morgan fingerprint density at radius 3 is 2.43 bits per heavy atom. The molecule has 0 spiro atoms. The zero-order chi connectivity index (χ0) is 15.1. The molecule has 2 fully saturated rings. The summed E-state index contributed by atoms with van der Waals surface area (Å²) in [6.07, 6.45) is 4.62. The molecule has 2 bridgehead atoms. The lowest BCUT2D eigenvalue weighted by Gasteiger charge is -2.29. The zero-order valence-electron chi connectivity index (χ0n) is 12.7. The molecule has 2 heterocycles. The van der Waals surface area contributed by atoms with Crippen LogP contribution in [-0.4, -0.2) is 24.0 Å². The lowest BCUT2D eigenvalue weighted by Crippen LogP contribution is -2.48. The molecule has 3 nitrogen and oxygen atoms in total. The molecule has 2 N–H and O–H groups in total. The first-order valence-electron chi connectivity index (χ1n) is 7.93. The Balaban J connectivity index is 0.00000156. The van der Waals surface area contributed by atoms with Crippen molar-refractivity contribution in [2.45, 2.75) is 43.8 Å². The highest BCUT2D eigenvalue weighted by atomic mass is 79.9. The molecule has 0 aromatic heterocycles. The summed E-state index contributed by atoms with van der Waals surface area (Å²) in [6.45, 7) is 0. The van der Waals surface area contributed by atoms with Gasteiger partial charge >= 0.3 is 0 Å². The van der Waals surface area contributed by atoms with Gasteiger partial charge in [-0.2, -0.15) is 0 Å². The summed E-state index contributed by atoms with van der Waals surface area (Å²) < 4.78 is 1.06. The predicted molar refractivity (Wildman–Crippen MR) is 99.3 cm³/mol. The Morgan fingerprint density at radius 1 is 1.04 bits per heavy atom. The van der Waals surface area contributed by atoms with Gasteiger partial charge in [0.15, 0.2) is 0 Å². The van der Waals surface area contributed by atoms with Crippen LogP contribution in [0, 0.1) is 0 Å². The van der Waals surface area contributed by atoms with E-state index in [4.69, 9.17) is 0 Å². The highest BCUT2D eigenvalue weighted by Gasteiger charge is 2.34. The molecule has 0 radical (unpaired) electrons. The van der Waals surface area contributed by atoms with Gasteiger partial charge in [0, 0.05) is 28.2 Å². The van der Waals surface area contributed by atoms with E-state index in [1.165, 1.54) is 12.8 Å². The van der Waals surface area contributed by atoms with Crippen molar-refractivity contribution in [3.05, 3.63) is 46.4 Å². The van der Waals surface area contributed by atoms with E-state index in [1.807, 2.05) is 30.3 Å². The molecular formula is C18H20BrClN2O. The van der Waals surface area contributed by atoms with Crippen molar-refractivity contribution in [1.29, 1.82) is 0 Å². The highest BCUT2D eigenvalue weighted by molar-refractivity contribution is 9.10. The van der Waals surface area contributed by atoms with Gasteiger partial charge in [0.2, 0.25) is 0 Å². The second-order valence-corrected chi connectivity index (χ2v) is 7.40. The lowest BCUT2D eigenvalue weighted by molar-refractivity contribution is 0.0924. The van der Waals surface area contributed by atoms with Gasteiger partial charge in [-0.25, -0.2) is 0 Å². The largest absolute Gasteiger partial charge is 0.349 e. The molecular weight excluding hydrogens is 376 g/mol. The normalized spacial score (nSPS) is 25.9. The van der Waals surface area contributed by atoms with Gasteiger partial charge in [-0.3, -0.25) is 4.79 Å². The number of amides is 1. The van der Waals surface area contributed by atoms with Gasteiger partial charge in [-0.1, -0.05) is 28.1 Å². The van der Waals surface area contributed by atoms with E-state index in [0.717, 1.165) is 33.7 Å². The number of benzene rings is 2. The van der Waals surface area contributed by atoms with Crippen molar-refractivity contribution in [2.75, 3.05) is 0 Å². The molecule has 2 aromatic carbocycles. The molecule has 0 aliphatic carbocycles. The number of piperidine rings is 1. The van der Waals surface area contributed by atoms with Gasteiger partial charge in [0.1, 0.15) is 0 Å². The Kier molecular flexibility index (Phi) is 4.95. The van der Waals surface area contributed by atoms with Crippen LogP contribution in [0.5, 0.6) is 0 Å². The summed E-state index contributed by atoms with van der Waals surface area (Å²) in [5.41, 5.74) is 0.751. The van der Waals surface area contributed by atoms with Crippen molar-refractivity contribution in [1.82, 2.24) is 10.6 Å². The second kappa shape index (κ2) is 6.80. The standard InChI is InChI=1S/C18H19BrN2O.ClH/c19-14-4-3-11-7-13(2-1-12(11)8-14)18(22)21-17-9-15-5-6-16(10-17)20-15;/h1-4,7-8,15-17,20H,5-6,9-10H2,(H,21,22);1H. The summed E-state index contributed by atoms with van der Waals surface area (Å²) in [4.78, 5) is 12.5. The van der Waals surface area contributed by atoms with Crippen LogP contribution in [0.2, 0.25) is 0 Å². The minimum atomic E-state index is 0. The van der Waals surface area contributed by atoms with Crippen molar-refractivity contribution in [2.24, 2.45) is 0 Å². The predicted octanol–water partition coefficient (Wildman–Crippen LogP) is 4.04. The number of nitrogens with one attached hydrogen (secondary N) is 2. The first-order valence-corrected chi connectivity index (χ1v) is 8.73. The fraction of sp³-hybridized carbons (Fsp3) is 0.389. The summed E-state index contributed by atoms with van der Waals surface area (Å²) in [7, 11) is 0. The number of halogens is 2. The smallest absolute Gasteiger partial charge is 0.251 e. The minimum Gasteiger partial charge on any atom is -0.349 e. The Morgan fingerprint density at radius 2 is 1.70 bits per heavy atom. The van der Waals surface area contributed by atoms with Crippen LogP contribution in [-0.2, 0) is 0 Å². The summed E-state index contributed by atoms with van der Waals surface area (Å²) >= 11 is 3.48. The molecule has 4 rings (SSSR count). The van der Waals surface area contributed by atoms with Crippen molar-refractivity contribution < 1.29 is 4.79 Å². The summed E-state index contributed by atoms with van der Waals surface area (Å²) in [6, 6.07) is 13.5. The maximum atomic E-state index is 12.5. The molecule has 2 saturated heterocycles. The minimum absolute atomic E-state index is 0. The fourth-order valence-corrected chi connectivity index (χ4v) is 4.18. The first kappa shape index (κ1) is 16.7. The topological polar surface area (TPSA) is 41.1 Å². The number of rotatable bonds is 2. The van der Waals surface area contributed by atoms with Crippen molar-refractivity contribution >= 4 is 45.0 Å². The summed E-state index contributed by atoms with van der Waals surface area (Å²) in [5, 5.41) is 9.07. The van der Waals surface area contributed by atoms with E-state index >= 15 is 0 Å². The third-order valence-corrected chi connectivity index (χ3v) is 5.37. The quantitative estimate of drug-likeness (QED) is 0.806. The lowest BCUT2D eigenvalue weighted by atomic mass is 9.99. The first-order chi connectivity index (χ1) is 10.7. The van der Waals surface area contributed by atoms with E-state index in [2.05, 4.69) is 32.6 Å². The van der Waals surface area contributed by atoms with Crippen LogP contribution >= 0.6 is 28.3 Å².